The van der Waals surface area contributed by atoms with Crippen molar-refractivity contribution >= 4 is 11.6 Å². The molecule has 3 heteroatoms. The summed E-state index contributed by atoms with van der Waals surface area (Å²) in [6, 6.07) is 8.44. The first-order chi connectivity index (χ1) is 8.77. The Hall–Kier alpha value is -0.570. The molecule has 1 unspecified atom stereocenters. The molecule has 0 heterocycles. The van der Waals surface area contributed by atoms with Crippen LogP contribution in [0.5, 0.6) is 0 Å². The van der Waals surface area contributed by atoms with Crippen LogP contribution in [0, 0.1) is 0 Å². The first-order valence-corrected chi connectivity index (χ1v) is 7.22. The Morgan fingerprint density at radius 3 is 2.44 bits per heavy atom. The number of nitrogens with one attached hydrogen (secondary N) is 1. The van der Waals surface area contributed by atoms with Crippen LogP contribution < -0.4 is 5.32 Å². The quantitative estimate of drug-likeness (QED) is 0.679. The maximum Gasteiger partial charge on any atom is 0.0484 e. The lowest BCUT2D eigenvalue weighted by atomic mass is 10.0. The second-order valence-corrected chi connectivity index (χ2v) is 4.90. The minimum absolute atomic E-state index is 0.360. The fourth-order valence-corrected chi connectivity index (χ4v) is 1.97. The highest BCUT2D eigenvalue weighted by atomic mass is 35.5. The third-order valence-corrected chi connectivity index (χ3v) is 3.06. The Kier molecular flexibility index (Phi) is 8.06. The number of ether oxygens (including phenoxy) is 1. The maximum atomic E-state index is 5.92. The van der Waals surface area contributed by atoms with Crippen LogP contribution in [-0.4, -0.2) is 19.8 Å². The van der Waals surface area contributed by atoms with Gasteiger partial charge in [-0.3, -0.25) is 0 Å². The Bertz CT molecular complexity index is 313. The SMILES string of the molecule is CCCNC(CCOCCC)c1ccc(Cl)cc1. The highest BCUT2D eigenvalue weighted by Crippen LogP contribution is 2.19. The summed E-state index contributed by atoms with van der Waals surface area (Å²) >= 11 is 5.92. The minimum atomic E-state index is 0.360. The predicted octanol–water partition coefficient (Wildman–Crippen LogP) is 4.20. The molecule has 0 saturated carbocycles. The normalized spacial score (nSPS) is 12.6. The van der Waals surface area contributed by atoms with E-state index in [-0.39, 0.29) is 0 Å². The fourth-order valence-electron chi connectivity index (χ4n) is 1.85. The average molecular weight is 270 g/mol. The van der Waals surface area contributed by atoms with Gasteiger partial charge >= 0.3 is 0 Å². The first-order valence-electron chi connectivity index (χ1n) is 6.84. The van der Waals surface area contributed by atoms with Gasteiger partial charge in [-0.05, 0) is 43.5 Å². The molecule has 1 N–H and O–H groups in total. The van der Waals surface area contributed by atoms with E-state index in [2.05, 4.69) is 31.3 Å². The van der Waals surface area contributed by atoms with Crippen LogP contribution in [0.1, 0.15) is 44.7 Å². The van der Waals surface area contributed by atoms with E-state index in [1.807, 2.05) is 12.1 Å². The summed E-state index contributed by atoms with van der Waals surface area (Å²) in [5, 5.41) is 4.35. The van der Waals surface area contributed by atoms with E-state index in [0.29, 0.717) is 6.04 Å². The predicted molar refractivity (Wildman–Crippen MR) is 78.2 cm³/mol. The fraction of sp³-hybridized carbons (Fsp3) is 0.600. The van der Waals surface area contributed by atoms with Gasteiger partial charge in [0.2, 0.25) is 0 Å². The molecule has 0 fully saturated rings. The van der Waals surface area contributed by atoms with Gasteiger partial charge in [-0.15, -0.1) is 0 Å². The zero-order valence-corrected chi connectivity index (χ0v) is 12.2. The molecule has 0 spiro atoms. The van der Waals surface area contributed by atoms with Crippen molar-refractivity contribution in [2.45, 2.75) is 39.2 Å². The van der Waals surface area contributed by atoms with Crippen molar-refractivity contribution < 1.29 is 4.74 Å². The largest absolute Gasteiger partial charge is 0.381 e. The maximum absolute atomic E-state index is 5.92. The highest BCUT2D eigenvalue weighted by molar-refractivity contribution is 6.30. The van der Waals surface area contributed by atoms with Gasteiger partial charge in [-0.2, -0.15) is 0 Å². The molecule has 1 aromatic carbocycles. The summed E-state index contributed by atoms with van der Waals surface area (Å²) < 4.78 is 5.57. The van der Waals surface area contributed by atoms with E-state index in [4.69, 9.17) is 16.3 Å². The topological polar surface area (TPSA) is 21.3 Å². The molecule has 18 heavy (non-hydrogen) atoms. The molecule has 0 bridgehead atoms. The van der Waals surface area contributed by atoms with E-state index < -0.39 is 0 Å². The molecule has 0 aliphatic heterocycles. The lowest BCUT2D eigenvalue weighted by Crippen LogP contribution is -2.23. The van der Waals surface area contributed by atoms with E-state index in [1.165, 1.54) is 5.56 Å². The van der Waals surface area contributed by atoms with Crippen molar-refractivity contribution in [2.24, 2.45) is 0 Å². The average Bonchev–Trinajstić information content (AvgIpc) is 2.39. The van der Waals surface area contributed by atoms with Crippen LogP contribution in [0.3, 0.4) is 0 Å². The second-order valence-electron chi connectivity index (χ2n) is 4.46. The van der Waals surface area contributed by atoms with Crippen molar-refractivity contribution in [3.8, 4) is 0 Å². The van der Waals surface area contributed by atoms with E-state index >= 15 is 0 Å². The summed E-state index contributed by atoms with van der Waals surface area (Å²) in [7, 11) is 0. The highest BCUT2D eigenvalue weighted by Gasteiger charge is 2.10. The summed E-state index contributed by atoms with van der Waals surface area (Å²) in [5.41, 5.74) is 1.29. The summed E-state index contributed by atoms with van der Waals surface area (Å²) in [6.45, 7) is 6.99. The molecule has 0 aliphatic carbocycles. The molecule has 0 aliphatic rings. The Balaban J connectivity index is 2.51. The van der Waals surface area contributed by atoms with Gasteiger partial charge in [0.05, 0.1) is 0 Å². The van der Waals surface area contributed by atoms with Gasteiger partial charge in [0.15, 0.2) is 0 Å². The van der Waals surface area contributed by atoms with Crippen LogP contribution in [0.25, 0.3) is 0 Å². The summed E-state index contributed by atoms with van der Waals surface area (Å²) in [5.74, 6) is 0. The smallest absolute Gasteiger partial charge is 0.0484 e. The van der Waals surface area contributed by atoms with Crippen LogP contribution in [0.15, 0.2) is 24.3 Å². The molecule has 0 radical (unpaired) electrons. The Morgan fingerprint density at radius 2 is 1.83 bits per heavy atom. The molecule has 0 saturated heterocycles. The molecule has 1 atom stereocenters. The molecule has 1 rings (SSSR count). The van der Waals surface area contributed by atoms with Gasteiger partial charge in [0.1, 0.15) is 0 Å². The molecule has 0 aromatic heterocycles. The third-order valence-electron chi connectivity index (χ3n) is 2.81. The number of halogens is 1. The molecule has 102 valence electrons. The van der Waals surface area contributed by atoms with Crippen molar-refractivity contribution in [3.05, 3.63) is 34.9 Å². The first kappa shape index (κ1) is 15.5. The minimum Gasteiger partial charge on any atom is -0.381 e. The molecule has 1 aromatic rings. The zero-order valence-electron chi connectivity index (χ0n) is 11.4. The number of hydrogen-bond acceptors (Lipinski definition) is 2. The van der Waals surface area contributed by atoms with Gasteiger partial charge in [0.25, 0.3) is 0 Å². The summed E-state index contributed by atoms with van der Waals surface area (Å²) in [6.07, 6.45) is 3.22. The van der Waals surface area contributed by atoms with Crippen molar-refractivity contribution in [1.82, 2.24) is 5.32 Å². The van der Waals surface area contributed by atoms with Gasteiger partial charge < -0.3 is 10.1 Å². The van der Waals surface area contributed by atoms with Crippen LogP contribution in [-0.2, 0) is 4.74 Å². The number of benzene rings is 1. The van der Waals surface area contributed by atoms with E-state index in [1.54, 1.807) is 0 Å². The molecule has 2 nitrogen and oxygen atoms in total. The number of rotatable bonds is 9. The lowest BCUT2D eigenvalue weighted by Gasteiger charge is -2.19. The zero-order chi connectivity index (χ0) is 13.2. The van der Waals surface area contributed by atoms with Crippen LogP contribution in [0.4, 0.5) is 0 Å². The van der Waals surface area contributed by atoms with Crippen LogP contribution >= 0.6 is 11.6 Å². The van der Waals surface area contributed by atoms with E-state index in [9.17, 15) is 0 Å². The van der Waals surface area contributed by atoms with Gasteiger partial charge in [0, 0.05) is 24.3 Å². The lowest BCUT2D eigenvalue weighted by molar-refractivity contribution is 0.124. The Labute approximate surface area is 116 Å². The molecular formula is C15H24ClNO. The molecular weight excluding hydrogens is 246 g/mol. The van der Waals surface area contributed by atoms with Crippen molar-refractivity contribution in [2.75, 3.05) is 19.8 Å². The molecule has 0 amide bonds. The van der Waals surface area contributed by atoms with Crippen molar-refractivity contribution in [3.63, 3.8) is 0 Å². The number of hydrogen-bond donors (Lipinski definition) is 1. The third kappa shape index (κ3) is 5.85. The standard InChI is InChI=1S/C15H24ClNO/c1-3-10-17-15(9-12-18-11-4-2)13-5-7-14(16)8-6-13/h5-8,15,17H,3-4,9-12H2,1-2H3. The monoisotopic (exact) mass is 269 g/mol. The van der Waals surface area contributed by atoms with Crippen LogP contribution in [0.2, 0.25) is 5.02 Å². The van der Waals surface area contributed by atoms with E-state index in [0.717, 1.165) is 44.0 Å². The van der Waals surface area contributed by atoms with Gasteiger partial charge in [-0.25, -0.2) is 0 Å². The second kappa shape index (κ2) is 9.37. The van der Waals surface area contributed by atoms with Crippen molar-refractivity contribution in [1.29, 1.82) is 0 Å². The van der Waals surface area contributed by atoms with Gasteiger partial charge in [-0.1, -0.05) is 37.6 Å². The Morgan fingerprint density at radius 1 is 1.11 bits per heavy atom. The summed E-state index contributed by atoms with van der Waals surface area (Å²) in [4.78, 5) is 0.